The predicted octanol–water partition coefficient (Wildman–Crippen LogP) is 4.48. The zero-order valence-electron chi connectivity index (χ0n) is 15.0. The van der Waals surface area contributed by atoms with Crippen molar-refractivity contribution < 1.29 is 4.79 Å². The van der Waals surface area contributed by atoms with E-state index >= 15 is 0 Å². The number of anilines is 1. The second-order valence-electron chi connectivity index (χ2n) is 6.14. The number of hydrogen-bond acceptors (Lipinski definition) is 5. The Morgan fingerprint density at radius 3 is 2.71 bits per heavy atom. The van der Waals surface area contributed by atoms with Crippen LogP contribution in [-0.4, -0.2) is 31.5 Å². The number of halogens is 1. The lowest BCUT2D eigenvalue weighted by atomic mass is 10.1. The second-order valence-corrected chi connectivity index (χ2v) is 7.49. The predicted molar refractivity (Wildman–Crippen MR) is 112 cm³/mol. The summed E-state index contributed by atoms with van der Waals surface area (Å²) in [6, 6.07) is 19.1. The summed E-state index contributed by atoms with van der Waals surface area (Å²) < 4.78 is 1.66. The zero-order chi connectivity index (χ0) is 19.5. The molecule has 0 saturated carbocycles. The fraction of sp³-hybridized carbons (Fsp3) is 0.100. The third-order valence-corrected chi connectivity index (χ3v) is 5.42. The molecule has 28 heavy (non-hydrogen) atoms. The van der Waals surface area contributed by atoms with Crippen molar-refractivity contribution in [1.82, 2.24) is 19.8 Å². The second kappa shape index (κ2) is 8.00. The number of hydrogen-bond donors (Lipinski definition) is 1. The van der Waals surface area contributed by atoms with Crippen molar-refractivity contribution >= 4 is 40.6 Å². The highest BCUT2D eigenvalue weighted by molar-refractivity contribution is 7.99. The van der Waals surface area contributed by atoms with Gasteiger partial charge in [0.05, 0.1) is 11.4 Å². The normalized spacial score (nSPS) is 10.9. The number of aromatic nitrogens is 4. The first-order chi connectivity index (χ1) is 13.6. The van der Waals surface area contributed by atoms with Gasteiger partial charge in [-0.2, -0.15) is 9.61 Å². The topological polar surface area (TPSA) is 72.2 Å². The third-order valence-electron chi connectivity index (χ3n) is 4.09. The summed E-state index contributed by atoms with van der Waals surface area (Å²) in [7, 11) is 0. The van der Waals surface area contributed by atoms with Crippen molar-refractivity contribution in [2.24, 2.45) is 0 Å². The van der Waals surface area contributed by atoms with E-state index in [0.717, 1.165) is 16.8 Å². The Morgan fingerprint density at radius 1 is 1.11 bits per heavy atom. The van der Waals surface area contributed by atoms with Crippen LogP contribution in [0, 0.1) is 6.92 Å². The summed E-state index contributed by atoms with van der Waals surface area (Å²) in [5.74, 6) is 0.0321. The van der Waals surface area contributed by atoms with E-state index in [-0.39, 0.29) is 11.7 Å². The number of fused-ring (bicyclic) bond motifs is 1. The minimum absolute atomic E-state index is 0.152. The van der Waals surface area contributed by atoms with Gasteiger partial charge >= 0.3 is 0 Å². The van der Waals surface area contributed by atoms with Crippen LogP contribution in [0.5, 0.6) is 0 Å². The monoisotopic (exact) mass is 409 g/mol. The highest BCUT2D eigenvalue weighted by Gasteiger charge is 2.12. The van der Waals surface area contributed by atoms with Gasteiger partial charge in [0.2, 0.25) is 11.1 Å². The number of nitrogens with zero attached hydrogens (tertiary/aromatic N) is 4. The van der Waals surface area contributed by atoms with Crippen molar-refractivity contribution in [3.8, 4) is 11.3 Å². The molecule has 1 N–H and O–H groups in total. The maximum atomic E-state index is 12.3. The van der Waals surface area contributed by atoms with Crippen LogP contribution in [0.4, 0.5) is 5.69 Å². The first-order valence-electron chi connectivity index (χ1n) is 8.57. The number of carbonyl (C=O) groups excluding carboxylic acids is 1. The van der Waals surface area contributed by atoms with E-state index in [4.69, 9.17) is 11.6 Å². The van der Waals surface area contributed by atoms with E-state index in [9.17, 15) is 4.79 Å². The van der Waals surface area contributed by atoms with Gasteiger partial charge in [-0.05, 0) is 36.8 Å². The Labute approximate surface area is 170 Å². The number of amides is 1. The maximum Gasteiger partial charge on any atom is 0.234 e. The molecule has 2 aromatic carbocycles. The lowest BCUT2D eigenvalue weighted by Gasteiger charge is -2.06. The van der Waals surface area contributed by atoms with Gasteiger partial charge in [-0.3, -0.25) is 4.79 Å². The van der Waals surface area contributed by atoms with Crippen molar-refractivity contribution in [2.75, 3.05) is 11.1 Å². The average molecular weight is 410 g/mol. The minimum Gasteiger partial charge on any atom is -0.325 e. The summed E-state index contributed by atoms with van der Waals surface area (Å²) in [5.41, 5.74) is 4.07. The molecule has 140 valence electrons. The summed E-state index contributed by atoms with van der Waals surface area (Å²) in [6.45, 7) is 1.91. The molecule has 6 nitrogen and oxygen atoms in total. The molecule has 0 fully saturated rings. The highest BCUT2D eigenvalue weighted by atomic mass is 35.5. The molecule has 8 heteroatoms. The van der Waals surface area contributed by atoms with Crippen molar-refractivity contribution in [3.63, 3.8) is 0 Å². The molecule has 0 aliphatic carbocycles. The van der Waals surface area contributed by atoms with Crippen LogP contribution >= 0.6 is 23.4 Å². The first-order valence-corrected chi connectivity index (χ1v) is 9.93. The van der Waals surface area contributed by atoms with Gasteiger partial charge in [-0.15, -0.1) is 10.2 Å². The highest BCUT2D eigenvalue weighted by Crippen LogP contribution is 2.22. The minimum atomic E-state index is -0.152. The van der Waals surface area contributed by atoms with Crippen LogP contribution in [0.25, 0.3) is 16.9 Å². The fourth-order valence-electron chi connectivity index (χ4n) is 2.62. The Kier molecular flexibility index (Phi) is 5.27. The molecule has 0 spiro atoms. The van der Waals surface area contributed by atoms with E-state index in [1.54, 1.807) is 10.6 Å². The third kappa shape index (κ3) is 4.00. The molecular formula is C20H16ClN5OS. The van der Waals surface area contributed by atoms with Gasteiger partial charge in [-0.1, -0.05) is 59.8 Å². The van der Waals surface area contributed by atoms with E-state index < -0.39 is 0 Å². The molecule has 0 saturated heterocycles. The number of carbonyl (C=O) groups is 1. The van der Waals surface area contributed by atoms with Gasteiger partial charge in [0.25, 0.3) is 0 Å². The quantitative estimate of drug-likeness (QED) is 0.492. The van der Waals surface area contributed by atoms with Crippen molar-refractivity contribution in [2.45, 2.75) is 12.1 Å². The van der Waals surface area contributed by atoms with Crippen molar-refractivity contribution in [1.29, 1.82) is 0 Å². The van der Waals surface area contributed by atoms with E-state index in [2.05, 4.69) is 20.6 Å². The maximum absolute atomic E-state index is 12.3. The number of aryl methyl sites for hydroxylation is 1. The smallest absolute Gasteiger partial charge is 0.234 e. The molecule has 1 amide bonds. The molecule has 0 radical (unpaired) electrons. The number of rotatable bonds is 5. The SMILES string of the molecule is Cc1ccc(NC(=O)CSc2nnc3ccc(-c4ccccc4)nn23)cc1Cl. The molecule has 4 aromatic rings. The Balaban J connectivity index is 1.48. The molecule has 0 atom stereocenters. The summed E-state index contributed by atoms with van der Waals surface area (Å²) in [5, 5.41) is 16.9. The van der Waals surface area contributed by atoms with Crippen LogP contribution in [0.1, 0.15) is 5.56 Å². The molecule has 4 rings (SSSR count). The Hall–Kier alpha value is -2.90. The van der Waals surface area contributed by atoms with Crippen LogP contribution in [0.3, 0.4) is 0 Å². The molecular weight excluding hydrogens is 394 g/mol. The van der Waals surface area contributed by atoms with Gasteiger partial charge < -0.3 is 5.32 Å². The largest absolute Gasteiger partial charge is 0.325 e. The standard InChI is InChI=1S/C20H16ClN5OS/c1-13-7-8-15(11-16(13)21)22-19(27)12-28-20-24-23-18-10-9-17(25-26(18)20)14-5-3-2-4-6-14/h2-11H,12H2,1H3,(H,22,27). The molecule has 2 heterocycles. The molecule has 0 aliphatic heterocycles. The van der Waals surface area contributed by atoms with Crippen LogP contribution < -0.4 is 5.32 Å². The summed E-state index contributed by atoms with van der Waals surface area (Å²) >= 11 is 7.38. The summed E-state index contributed by atoms with van der Waals surface area (Å²) in [6.07, 6.45) is 0. The van der Waals surface area contributed by atoms with Gasteiger partial charge in [-0.25, -0.2) is 0 Å². The zero-order valence-corrected chi connectivity index (χ0v) is 16.5. The lowest BCUT2D eigenvalue weighted by molar-refractivity contribution is -0.113. The van der Waals surface area contributed by atoms with Gasteiger partial charge in [0.15, 0.2) is 5.65 Å². The van der Waals surface area contributed by atoms with E-state index in [1.807, 2.05) is 61.5 Å². The molecule has 2 aromatic heterocycles. The van der Waals surface area contributed by atoms with Crippen LogP contribution in [0.2, 0.25) is 5.02 Å². The molecule has 0 bridgehead atoms. The lowest BCUT2D eigenvalue weighted by Crippen LogP contribution is -2.14. The Morgan fingerprint density at radius 2 is 1.93 bits per heavy atom. The van der Waals surface area contributed by atoms with Crippen LogP contribution in [-0.2, 0) is 4.79 Å². The average Bonchev–Trinajstić information content (AvgIpc) is 3.12. The van der Waals surface area contributed by atoms with Crippen LogP contribution in [0.15, 0.2) is 65.8 Å². The van der Waals surface area contributed by atoms with Gasteiger partial charge in [0, 0.05) is 16.3 Å². The first kappa shape index (κ1) is 18.5. The number of nitrogens with one attached hydrogen (secondary N) is 1. The summed E-state index contributed by atoms with van der Waals surface area (Å²) in [4.78, 5) is 12.3. The van der Waals surface area contributed by atoms with E-state index in [0.29, 0.717) is 21.5 Å². The number of benzene rings is 2. The van der Waals surface area contributed by atoms with E-state index in [1.165, 1.54) is 11.8 Å². The Bertz CT molecular complexity index is 1150. The van der Waals surface area contributed by atoms with Gasteiger partial charge in [0.1, 0.15) is 0 Å². The fourth-order valence-corrected chi connectivity index (χ4v) is 3.49. The molecule has 0 aliphatic rings. The molecule has 0 unspecified atom stereocenters. The van der Waals surface area contributed by atoms with Crippen molar-refractivity contribution in [3.05, 3.63) is 71.2 Å². The number of thioether (sulfide) groups is 1.